The van der Waals surface area contributed by atoms with E-state index in [2.05, 4.69) is 18.2 Å². The van der Waals surface area contributed by atoms with Crippen LogP contribution >= 0.6 is 35.1 Å². The van der Waals surface area contributed by atoms with Crippen LogP contribution < -0.4 is 10.6 Å². The molecule has 1 atom stereocenters. The molecule has 0 amide bonds. The number of fused-ring (bicyclic) bond motifs is 1. The highest BCUT2D eigenvalue weighted by Gasteiger charge is 2.42. The Bertz CT molecular complexity index is 1230. The smallest absolute Gasteiger partial charge is 0.199 e. The fourth-order valence-corrected chi connectivity index (χ4v) is 5.14. The molecule has 3 aromatic rings. The summed E-state index contributed by atoms with van der Waals surface area (Å²) in [7, 11) is 0. The van der Waals surface area contributed by atoms with Crippen molar-refractivity contribution in [2.45, 2.75) is 15.3 Å². The van der Waals surface area contributed by atoms with Crippen LogP contribution in [0.3, 0.4) is 0 Å². The van der Waals surface area contributed by atoms with Crippen molar-refractivity contribution in [1.29, 1.82) is 5.26 Å². The molecule has 0 aromatic heterocycles. The average Bonchev–Trinajstić information content (AvgIpc) is 3.07. The number of nitriles is 1. The van der Waals surface area contributed by atoms with Gasteiger partial charge in [0.15, 0.2) is 5.54 Å². The van der Waals surface area contributed by atoms with Crippen LogP contribution in [0.5, 0.6) is 0 Å². The first-order chi connectivity index (χ1) is 13.6. The number of hydrogen-bond donors (Lipinski definition) is 0. The van der Waals surface area contributed by atoms with Gasteiger partial charge < -0.3 is 0 Å². The molecule has 0 N–H and O–H groups in total. The maximum absolute atomic E-state index is 10.5. The van der Waals surface area contributed by atoms with Gasteiger partial charge in [0, 0.05) is 31.2 Å². The Morgan fingerprint density at radius 3 is 2.32 bits per heavy atom. The van der Waals surface area contributed by atoms with Gasteiger partial charge >= 0.3 is 0 Å². The largest absolute Gasteiger partial charge is 0.253 e. The molecule has 1 aliphatic rings. The molecule has 0 unspecified atom stereocenters. The molecule has 4 rings (SSSR count). The van der Waals surface area contributed by atoms with E-state index in [0.717, 1.165) is 37.1 Å². The first-order valence-electron chi connectivity index (χ1n) is 8.73. The Morgan fingerprint density at radius 2 is 1.61 bits per heavy atom. The predicted molar refractivity (Wildman–Crippen MR) is 118 cm³/mol. The molecule has 1 aliphatic heterocycles. The number of thioether (sulfide) groups is 2. The van der Waals surface area contributed by atoms with E-state index in [1.807, 2.05) is 67.1 Å². The summed E-state index contributed by atoms with van der Waals surface area (Å²) in [5, 5.41) is 12.9. The summed E-state index contributed by atoms with van der Waals surface area (Å²) in [5.74, 6) is 0. The second-order valence-electron chi connectivity index (χ2n) is 6.37. The van der Waals surface area contributed by atoms with Crippen molar-refractivity contribution in [1.82, 2.24) is 0 Å². The minimum atomic E-state index is -1.11. The molecule has 28 heavy (non-hydrogen) atoms. The van der Waals surface area contributed by atoms with Gasteiger partial charge in [-0.05, 0) is 48.4 Å². The minimum absolute atomic E-state index is 0.639. The molecule has 0 aliphatic carbocycles. The second-order valence-corrected chi connectivity index (χ2v) is 8.50. The normalized spacial score (nSPS) is 17.7. The van der Waals surface area contributed by atoms with Gasteiger partial charge in [-0.25, -0.2) is 0 Å². The molecule has 5 heteroatoms. The van der Waals surface area contributed by atoms with Crippen LogP contribution in [0, 0.1) is 11.3 Å². The topological polar surface area (TPSA) is 36.1 Å². The number of halogens is 1. The van der Waals surface area contributed by atoms with E-state index >= 15 is 0 Å². The van der Waals surface area contributed by atoms with Crippen LogP contribution in [-0.4, -0.2) is 12.5 Å². The van der Waals surface area contributed by atoms with Crippen molar-refractivity contribution in [3.8, 4) is 6.07 Å². The molecule has 0 saturated heterocycles. The third kappa shape index (κ3) is 2.95. The SMILES string of the molecule is CSc1ccccc1C1=c2cc(Cl)ccc2=N[C@@]1(C#N)c1ccccc1SC. The number of hydrogen-bond acceptors (Lipinski definition) is 4. The third-order valence-electron chi connectivity index (χ3n) is 4.91. The predicted octanol–water partition coefficient (Wildman–Crippen LogP) is 5.04. The summed E-state index contributed by atoms with van der Waals surface area (Å²) in [6.07, 6.45) is 4.08. The Balaban J connectivity index is 2.18. The molecular weight excluding hydrogens is 404 g/mol. The van der Waals surface area contributed by atoms with Crippen LogP contribution in [0.15, 0.2) is 81.5 Å². The summed E-state index contributed by atoms with van der Waals surface area (Å²) in [5.41, 5.74) is 1.72. The fraction of sp³-hybridized carbons (Fsp3) is 0.130. The van der Waals surface area contributed by atoms with Crippen molar-refractivity contribution in [3.05, 3.63) is 93.5 Å². The highest BCUT2D eigenvalue weighted by molar-refractivity contribution is 7.98. The van der Waals surface area contributed by atoms with Gasteiger partial charge in [0.2, 0.25) is 0 Å². The van der Waals surface area contributed by atoms with E-state index in [0.29, 0.717) is 5.02 Å². The Morgan fingerprint density at radius 1 is 0.929 bits per heavy atom. The maximum Gasteiger partial charge on any atom is 0.199 e. The Kier molecular flexibility index (Phi) is 5.25. The minimum Gasteiger partial charge on any atom is -0.253 e. The van der Waals surface area contributed by atoms with E-state index in [4.69, 9.17) is 16.6 Å². The fourth-order valence-electron chi connectivity index (χ4n) is 3.71. The van der Waals surface area contributed by atoms with Gasteiger partial charge in [-0.1, -0.05) is 48.0 Å². The van der Waals surface area contributed by atoms with Gasteiger partial charge in [0.1, 0.15) is 6.07 Å². The Hall–Kier alpha value is -2.19. The quantitative estimate of drug-likeness (QED) is 0.555. The van der Waals surface area contributed by atoms with Crippen LogP contribution in [-0.2, 0) is 5.54 Å². The van der Waals surface area contributed by atoms with Crippen LogP contribution in [0.2, 0.25) is 5.02 Å². The number of rotatable bonds is 4. The van der Waals surface area contributed by atoms with E-state index in [1.165, 1.54) is 0 Å². The second kappa shape index (κ2) is 7.67. The van der Waals surface area contributed by atoms with Gasteiger partial charge in [-0.2, -0.15) is 5.26 Å². The first kappa shape index (κ1) is 19.1. The van der Waals surface area contributed by atoms with Gasteiger partial charge in [-0.15, -0.1) is 23.5 Å². The van der Waals surface area contributed by atoms with Gasteiger partial charge in [0.05, 0.1) is 5.36 Å². The molecular formula is C23H17ClN2S2. The van der Waals surface area contributed by atoms with E-state index in [-0.39, 0.29) is 0 Å². The average molecular weight is 421 g/mol. The summed E-state index contributed by atoms with van der Waals surface area (Å²) in [6, 6.07) is 24.4. The maximum atomic E-state index is 10.5. The lowest BCUT2D eigenvalue weighted by Gasteiger charge is -2.26. The lowest BCUT2D eigenvalue weighted by molar-refractivity contribution is 0.727. The molecule has 3 aromatic carbocycles. The zero-order chi connectivity index (χ0) is 19.7. The number of nitrogens with zero attached hydrogens (tertiary/aromatic N) is 2. The van der Waals surface area contributed by atoms with Crippen LogP contribution in [0.1, 0.15) is 11.1 Å². The zero-order valence-corrected chi connectivity index (χ0v) is 17.8. The lowest BCUT2D eigenvalue weighted by Crippen LogP contribution is -2.27. The summed E-state index contributed by atoms with van der Waals surface area (Å²) in [4.78, 5) is 7.14. The molecule has 0 fully saturated rings. The van der Waals surface area contributed by atoms with Gasteiger partial charge in [0.25, 0.3) is 0 Å². The van der Waals surface area contributed by atoms with Crippen LogP contribution in [0.4, 0.5) is 0 Å². The molecule has 2 nitrogen and oxygen atoms in total. The molecule has 0 radical (unpaired) electrons. The molecule has 0 bridgehead atoms. The third-order valence-corrected chi connectivity index (χ3v) is 6.74. The van der Waals surface area contributed by atoms with E-state index in [9.17, 15) is 5.26 Å². The zero-order valence-electron chi connectivity index (χ0n) is 15.4. The van der Waals surface area contributed by atoms with Crippen molar-refractivity contribution >= 4 is 40.7 Å². The molecule has 1 heterocycles. The highest BCUT2D eigenvalue weighted by Crippen LogP contribution is 2.44. The van der Waals surface area contributed by atoms with E-state index in [1.54, 1.807) is 23.5 Å². The summed E-state index contributed by atoms with van der Waals surface area (Å²) in [6.45, 7) is 0. The van der Waals surface area contributed by atoms with Crippen molar-refractivity contribution < 1.29 is 0 Å². The molecule has 138 valence electrons. The van der Waals surface area contributed by atoms with Crippen LogP contribution in [0.25, 0.3) is 5.57 Å². The van der Waals surface area contributed by atoms with E-state index < -0.39 is 5.54 Å². The molecule has 0 spiro atoms. The molecule has 0 saturated carbocycles. The Labute approximate surface area is 178 Å². The first-order valence-corrected chi connectivity index (χ1v) is 11.6. The highest BCUT2D eigenvalue weighted by atomic mass is 35.5. The monoisotopic (exact) mass is 420 g/mol. The lowest BCUT2D eigenvalue weighted by atomic mass is 9.81. The summed E-state index contributed by atoms with van der Waals surface area (Å²) < 4.78 is 0. The summed E-state index contributed by atoms with van der Waals surface area (Å²) >= 11 is 9.64. The van der Waals surface area contributed by atoms with Crippen molar-refractivity contribution in [2.75, 3.05) is 12.5 Å². The van der Waals surface area contributed by atoms with Crippen molar-refractivity contribution in [2.24, 2.45) is 4.99 Å². The standard InChI is InChI=1S/C23H17ClN2S2/c1-27-20-9-5-3-7-16(20)22-17-13-15(24)11-12-19(17)26-23(22,14-25)18-8-4-6-10-21(18)28-2/h3-13H,1-2H3/t23-/m0/s1. The van der Waals surface area contributed by atoms with Gasteiger partial charge in [-0.3, -0.25) is 4.99 Å². The number of benzene rings is 3. The van der Waals surface area contributed by atoms with Crippen molar-refractivity contribution in [3.63, 3.8) is 0 Å².